The van der Waals surface area contributed by atoms with Gasteiger partial charge in [-0.15, -0.1) is 5.73 Å². The molecule has 1 unspecified atom stereocenters. The molecule has 0 spiro atoms. The topological polar surface area (TPSA) is 29.9 Å². The summed E-state index contributed by atoms with van der Waals surface area (Å²) in [5, 5.41) is 6.07. The molecule has 0 radical (unpaired) electrons. The summed E-state index contributed by atoms with van der Waals surface area (Å²) in [5.74, 6) is 0.883. The predicted octanol–water partition coefficient (Wildman–Crippen LogP) is 21.9. The Kier molecular flexibility index (Phi) is 16.7. The van der Waals surface area contributed by atoms with Gasteiger partial charge in [0.05, 0.1) is 11.0 Å². The molecule has 1 aliphatic rings. The fourth-order valence-corrected chi connectivity index (χ4v) is 11.5. The second kappa shape index (κ2) is 25.2. The fraction of sp³-hybridized carbons (Fsp3) is 0.0864. The number of nitrogens with zero attached hydrogens (tertiary/aromatic N) is 2. The predicted molar refractivity (Wildman–Crippen MR) is 363 cm³/mol. The van der Waals surface area contributed by atoms with Gasteiger partial charge in [0, 0.05) is 23.0 Å². The Labute approximate surface area is 496 Å². The number of allylic oxidation sites excluding steroid dienone is 15. The molecular formula is C81H69N3. The Morgan fingerprint density at radius 2 is 1.27 bits per heavy atom. The van der Waals surface area contributed by atoms with Crippen LogP contribution in [0.25, 0.3) is 106 Å². The minimum Gasteiger partial charge on any atom is -0.378 e. The van der Waals surface area contributed by atoms with Crippen LogP contribution >= 0.6 is 0 Å². The van der Waals surface area contributed by atoms with Crippen LogP contribution in [0.2, 0.25) is 0 Å². The fourth-order valence-electron chi connectivity index (χ4n) is 11.5. The number of benzene rings is 9. The van der Waals surface area contributed by atoms with Crippen LogP contribution in [0, 0.1) is 6.92 Å². The molecule has 9 aromatic carbocycles. The Morgan fingerprint density at radius 3 is 2.00 bits per heavy atom. The van der Waals surface area contributed by atoms with E-state index in [-0.39, 0.29) is 6.04 Å². The normalized spacial score (nSPS) is 13.4. The van der Waals surface area contributed by atoms with Gasteiger partial charge in [0.15, 0.2) is 0 Å². The first kappa shape index (κ1) is 55.6. The van der Waals surface area contributed by atoms with E-state index >= 15 is 0 Å². The minimum absolute atomic E-state index is 0.123. The zero-order chi connectivity index (χ0) is 58.1. The molecule has 84 heavy (non-hydrogen) atoms. The number of rotatable bonds is 17. The monoisotopic (exact) mass is 1080 g/mol. The molecule has 3 heteroatoms. The van der Waals surface area contributed by atoms with Crippen molar-refractivity contribution < 1.29 is 0 Å². The van der Waals surface area contributed by atoms with E-state index < -0.39 is 0 Å². The van der Waals surface area contributed by atoms with E-state index in [1.54, 1.807) is 0 Å². The van der Waals surface area contributed by atoms with Crippen molar-refractivity contribution in [2.45, 2.75) is 47.6 Å². The Bertz CT molecular complexity index is 4430. The zero-order valence-corrected chi connectivity index (χ0v) is 48.9. The molecule has 0 bridgehead atoms. The van der Waals surface area contributed by atoms with Crippen molar-refractivity contribution in [3.05, 3.63) is 331 Å². The van der Waals surface area contributed by atoms with Crippen LogP contribution in [0.1, 0.15) is 74.0 Å². The highest BCUT2D eigenvalue weighted by Gasteiger charge is 2.24. The van der Waals surface area contributed by atoms with E-state index in [0.717, 1.165) is 94.9 Å². The van der Waals surface area contributed by atoms with Crippen molar-refractivity contribution in [2.24, 2.45) is 0 Å². The second-order valence-corrected chi connectivity index (χ2v) is 21.5. The van der Waals surface area contributed by atoms with Crippen molar-refractivity contribution in [3.63, 3.8) is 0 Å². The van der Waals surface area contributed by atoms with Crippen LogP contribution in [0.15, 0.2) is 297 Å². The van der Waals surface area contributed by atoms with Gasteiger partial charge in [-0.25, -0.2) is 4.98 Å². The summed E-state index contributed by atoms with van der Waals surface area (Å²) < 4.78 is 2.26. The number of aromatic nitrogens is 2. The Balaban J connectivity index is 1.09. The van der Waals surface area contributed by atoms with Gasteiger partial charge in [-0.2, -0.15) is 0 Å². The zero-order valence-electron chi connectivity index (χ0n) is 48.9. The minimum atomic E-state index is 0.123. The van der Waals surface area contributed by atoms with Crippen LogP contribution in [-0.4, -0.2) is 9.55 Å². The molecule has 1 atom stereocenters. The van der Waals surface area contributed by atoms with Gasteiger partial charge in [-0.05, 0) is 201 Å². The molecule has 1 aliphatic carbocycles. The van der Waals surface area contributed by atoms with Crippen LogP contribution in [0.4, 0.5) is 0 Å². The van der Waals surface area contributed by atoms with E-state index in [2.05, 4.69) is 306 Å². The molecule has 1 heterocycles. The third-order valence-electron chi connectivity index (χ3n) is 16.1. The van der Waals surface area contributed by atoms with E-state index in [0.29, 0.717) is 0 Å². The van der Waals surface area contributed by atoms with Crippen LogP contribution in [0.3, 0.4) is 0 Å². The first-order chi connectivity index (χ1) is 41.1. The lowest BCUT2D eigenvalue weighted by molar-refractivity contribution is 0.662. The lowest BCUT2D eigenvalue weighted by atomic mass is 9.80. The molecule has 408 valence electrons. The highest BCUT2D eigenvalue weighted by Crippen LogP contribution is 2.48. The lowest BCUT2D eigenvalue weighted by Gasteiger charge is -2.24. The van der Waals surface area contributed by atoms with Crippen LogP contribution in [-0.2, 0) is 0 Å². The highest BCUT2D eigenvalue weighted by molar-refractivity contribution is 6.13. The Hall–Kier alpha value is -10.3. The molecule has 0 saturated carbocycles. The molecular weight excluding hydrogens is 1010 g/mol. The standard InChI is InChI=1S/C81H69N3/c1-9-11-29-57(5)69-38-25-27-40-72(69)80-70(49-42-56(4)61-43-45-62(46-44-61)58(6)52-76(55(3)10-2)82-60(8)63-30-17-14-18-31-63)59(7)79(73-41-28-26-39-71(73)64-32-19-15-20-33-64)74-50-47-66(53-75(74)80)67-48-51-78-77(54-67)83-81(65-34-21-16-22-35-65)84(78)68-36-23-12-13-24-37-68/h9-12,14-54,60,82H,2,4H2,1,3,5-8H3/b11-9-,49-42-,57-29+,58-52+,76-55+. The number of hydrogen-bond acceptors (Lipinski definition) is 2. The quantitative estimate of drug-likeness (QED) is 0.0727. The summed E-state index contributed by atoms with van der Waals surface area (Å²) in [6.45, 7) is 21.9. The average molecular weight is 1080 g/mol. The maximum atomic E-state index is 5.40. The molecule has 0 saturated heterocycles. The summed E-state index contributed by atoms with van der Waals surface area (Å²) >= 11 is 0. The molecule has 1 N–H and O–H groups in total. The maximum absolute atomic E-state index is 5.40. The van der Waals surface area contributed by atoms with E-state index in [1.165, 1.54) is 49.9 Å². The van der Waals surface area contributed by atoms with Gasteiger partial charge in [-0.3, -0.25) is 4.57 Å². The summed E-state index contributed by atoms with van der Waals surface area (Å²) in [4.78, 5) is 5.40. The first-order valence-electron chi connectivity index (χ1n) is 28.9. The molecule has 3 nitrogen and oxygen atoms in total. The highest BCUT2D eigenvalue weighted by atomic mass is 15.1. The van der Waals surface area contributed by atoms with Crippen molar-refractivity contribution in [3.8, 4) is 55.9 Å². The third-order valence-corrected chi connectivity index (χ3v) is 16.1. The largest absolute Gasteiger partial charge is 0.378 e. The summed E-state index contributed by atoms with van der Waals surface area (Å²) in [6.07, 6.45) is 25.2. The van der Waals surface area contributed by atoms with Gasteiger partial charge in [0.2, 0.25) is 0 Å². The molecule has 0 aliphatic heterocycles. The number of hydrogen-bond donors (Lipinski definition) is 1. The summed E-state index contributed by atoms with van der Waals surface area (Å²) in [7, 11) is 0. The molecule has 0 fully saturated rings. The summed E-state index contributed by atoms with van der Waals surface area (Å²) in [5.41, 5.74) is 28.7. The Morgan fingerprint density at radius 1 is 0.631 bits per heavy atom. The first-order valence-corrected chi connectivity index (χ1v) is 28.9. The van der Waals surface area contributed by atoms with Crippen molar-refractivity contribution in [1.29, 1.82) is 0 Å². The number of nitrogens with one attached hydrogen (secondary N) is 1. The van der Waals surface area contributed by atoms with E-state index in [4.69, 9.17) is 11.6 Å². The third kappa shape index (κ3) is 11.6. The SMILES string of the molecule is C=C/C(C)=C(\C=C(/C)c1ccc(C(=C)/C=C\c2c(C)c(-c3ccccc3-c3ccccc3)c3ccc(-c4ccc5c(c4)nc(-c4ccccc4)n5C4=CC=C=CC=C4)cc3c2-c2ccccc2/C(C)=C/C=C\C)cc1)NC(C)c1ccccc1. The smallest absolute Gasteiger partial charge is 0.145 e. The molecule has 1 aromatic heterocycles. The molecule has 11 rings (SSSR count). The van der Waals surface area contributed by atoms with Gasteiger partial charge >= 0.3 is 0 Å². The molecule has 10 aromatic rings. The summed E-state index contributed by atoms with van der Waals surface area (Å²) in [6, 6.07) is 72.2. The van der Waals surface area contributed by atoms with E-state index in [9.17, 15) is 0 Å². The second-order valence-electron chi connectivity index (χ2n) is 21.5. The van der Waals surface area contributed by atoms with Gasteiger partial charge < -0.3 is 5.32 Å². The van der Waals surface area contributed by atoms with Gasteiger partial charge in [-0.1, -0.05) is 238 Å². The lowest BCUT2D eigenvalue weighted by Crippen LogP contribution is -2.18. The number of fused-ring (bicyclic) bond motifs is 2. The van der Waals surface area contributed by atoms with Gasteiger partial charge in [0.25, 0.3) is 0 Å². The van der Waals surface area contributed by atoms with Crippen molar-refractivity contribution >= 4 is 50.3 Å². The van der Waals surface area contributed by atoms with Crippen LogP contribution < -0.4 is 5.32 Å². The van der Waals surface area contributed by atoms with Gasteiger partial charge in [0.1, 0.15) is 5.82 Å². The average Bonchev–Trinajstić information content (AvgIpc) is 1.22. The maximum Gasteiger partial charge on any atom is 0.145 e. The van der Waals surface area contributed by atoms with Crippen molar-refractivity contribution in [1.82, 2.24) is 14.9 Å². The number of imidazole rings is 1. The van der Waals surface area contributed by atoms with Crippen molar-refractivity contribution in [2.75, 3.05) is 0 Å². The molecule has 0 amide bonds. The van der Waals surface area contributed by atoms with E-state index in [1.807, 2.05) is 30.4 Å². The van der Waals surface area contributed by atoms with Crippen LogP contribution in [0.5, 0.6) is 0 Å².